The number of hydrogen-bond donors (Lipinski definition) is 0. The fourth-order valence-corrected chi connectivity index (χ4v) is 8.80. The largest absolute Gasteiger partial charge is 0.455 e. The van der Waals surface area contributed by atoms with Crippen molar-refractivity contribution in [3.63, 3.8) is 0 Å². The Morgan fingerprint density at radius 1 is 0.283 bits per heavy atom. The minimum atomic E-state index is 0.890. The zero-order valence-electron chi connectivity index (χ0n) is 32.9. The summed E-state index contributed by atoms with van der Waals surface area (Å²) in [6, 6.07) is 84.8. The van der Waals surface area contributed by atoms with Crippen LogP contribution in [0.2, 0.25) is 0 Å². The topological polar surface area (TPSA) is 16.4 Å². The lowest BCUT2D eigenvalue weighted by Gasteiger charge is -2.28. The van der Waals surface area contributed by atoms with Gasteiger partial charge >= 0.3 is 0 Å². The highest BCUT2D eigenvalue weighted by Crippen LogP contribution is 2.45. The molecule has 0 fully saturated rings. The molecule has 60 heavy (non-hydrogen) atoms. The molecule has 1 heterocycles. The molecule has 0 saturated heterocycles. The third-order valence-corrected chi connectivity index (χ3v) is 11.7. The number of rotatable bonds is 8. The second kappa shape index (κ2) is 15.1. The monoisotopic (exact) mass is 765 g/mol. The van der Waals surface area contributed by atoms with Crippen LogP contribution in [0.15, 0.2) is 241 Å². The first-order chi connectivity index (χ1) is 29.8. The molecule has 0 radical (unpaired) electrons. The molecule has 0 N–H and O–H groups in total. The van der Waals surface area contributed by atoms with Crippen LogP contribution in [0.25, 0.3) is 88.3 Å². The molecule has 2 heteroatoms. The number of para-hydroxylation sites is 3. The summed E-state index contributed by atoms with van der Waals surface area (Å²) in [5.41, 5.74) is 16.7. The lowest BCUT2D eigenvalue weighted by molar-refractivity contribution is 0.670. The van der Waals surface area contributed by atoms with Gasteiger partial charge in [-0.2, -0.15) is 0 Å². The van der Waals surface area contributed by atoms with Crippen LogP contribution >= 0.6 is 0 Å². The van der Waals surface area contributed by atoms with Crippen molar-refractivity contribution in [2.45, 2.75) is 0 Å². The van der Waals surface area contributed by atoms with E-state index in [9.17, 15) is 0 Å². The lowest BCUT2D eigenvalue weighted by atomic mass is 9.91. The van der Waals surface area contributed by atoms with Crippen molar-refractivity contribution >= 4 is 49.8 Å². The van der Waals surface area contributed by atoms with Crippen molar-refractivity contribution < 1.29 is 4.42 Å². The fraction of sp³-hybridized carbons (Fsp3) is 0. The first-order valence-electron chi connectivity index (χ1n) is 20.5. The van der Waals surface area contributed by atoms with Gasteiger partial charge in [0, 0.05) is 33.3 Å². The van der Waals surface area contributed by atoms with Crippen LogP contribution in [0.3, 0.4) is 0 Å². The van der Waals surface area contributed by atoms with E-state index in [1.165, 1.54) is 49.7 Å². The predicted molar refractivity (Wildman–Crippen MR) is 253 cm³/mol. The molecular formula is C58H39NO. The normalized spacial score (nSPS) is 11.3. The molecule has 282 valence electrons. The van der Waals surface area contributed by atoms with Gasteiger partial charge < -0.3 is 9.32 Å². The SMILES string of the molecule is c1ccc(-c2ccc(-c3ccc(N(c4ccc(-c5cccc6ccccc56)cc4)c4ccccc4-c4cccc5c4oc4ccccc45)cc3)cc2-c2ccccc2)cc1. The summed E-state index contributed by atoms with van der Waals surface area (Å²) < 4.78 is 6.61. The maximum atomic E-state index is 6.61. The smallest absolute Gasteiger partial charge is 0.143 e. The van der Waals surface area contributed by atoms with Gasteiger partial charge in [-0.05, 0) is 97.7 Å². The van der Waals surface area contributed by atoms with Crippen LogP contribution in [-0.2, 0) is 0 Å². The molecule has 11 aromatic rings. The van der Waals surface area contributed by atoms with Gasteiger partial charge in [-0.25, -0.2) is 0 Å². The van der Waals surface area contributed by atoms with Gasteiger partial charge in [-0.15, -0.1) is 0 Å². The number of nitrogens with zero attached hydrogens (tertiary/aromatic N) is 1. The molecule has 0 aliphatic rings. The fourth-order valence-electron chi connectivity index (χ4n) is 8.80. The first-order valence-corrected chi connectivity index (χ1v) is 20.5. The van der Waals surface area contributed by atoms with Crippen molar-refractivity contribution in [1.29, 1.82) is 0 Å². The van der Waals surface area contributed by atoms with Gasteiger partial charge in [0.25, 0.3) is 0 Å². The Balaban J connectivity index is 1.05. The number of hydrogen-bond acceptors (Lipinski definition) is 2. The molecule has 10 aromatic carbocycles. The van der Waals surface area contributed by atoms with E-state index in [0.717, 1.165) is 55.7 Å². The molecule has 1 aromatic heterocycles. The van der Waals surface area contributed by atoms with Crippen LogP contribution in [-0.4, -0.2) is 0 Å². The van der Waals surface area contributed by atoms with Crippen molar-refractivity contribution in [3.8, 4) is 55.6 Å². The summed E-state index contributed by atoms with van der Waals surface area (Å²) in [5, 5.41) is 4.72. The molecule has 11 rings (SSSR count). The molecule has 0 unspecified atom stereocenters. The third-order valence-electron chi connectivity index (χ3n) is 11.7. The first kappa shape index (κ1) is 35.2. The molecule has 0 aliphatic heterocycles. The van der Waals surface area contributed by atoms with Crippen molar-refractivity contribution in [1.82, 2.24) is 0 Å². The highest BCUT2D eigenvalue weighted by Gasteiger charge is 2.21. The Bertz CT molecular complexity index is 3290. The third kappa shape index (κ3) is 6.32. The predicted octanol–water partition coefficient (Wildman–Crippen LogP) is 16.5. The van der Waals surface area contributed by atoms with E-state index in [0.29, 0.717) is 0 Å². The van der Waals surface area contributed by atoms with Gasteiger partial charge in [0.1, 0.15) is 11.2 Å². The van der Waals surface area contributed by atoms with Gasteiger partial charge in [-0.3, -0.25) is 0 Å². The molecule has 2 nitrogen and oxygen atoms in total. The highest BCUT2D eigenvalue weighted by molar-refractivity contribution is 6.11. The minimum absolute atomic E-state index is 0.890. The molecule has 0 atom stereocenters. The maximum Gasteiger partial charge on any atom is 0.143 e. The molecular weight excluding hydrogens is 727 g/mol. The standard InChI is InChI=1S/C58H39NO/c1-3-15-41(16-4-1)50-38-33-45(39-55(50)43-17-5-2-6-18-43)40-29-34-46(35-30-40)59(47-36-31-44(32-37-47)49-24-13-20-42-19-7-8-21-48(42)49)56-27-11-9-22-51(56)53-25-14-26-54-52-23-10-12-28-57(52)60-58(53)54/h1-39H. The number of fused-ring (bicyclic) bond motifs is 4. The lowest BCUT2D eigenvalue weighted by Crippen LogP contribution is -2.11. The average Bonchev–Trinajstić information content (AvgIpc) is 3.72. The second-order valence-electron chi connectivity index (χ2n) is 15.2. The van der Waals surface area contributed by atoms with Crippen LogP contribution in [0.1, 0.15) is 0 Å². The summed E-state index contributed by atoms with van der Waals surface area (Å²) in [6.07, 6.45) is 0. The van der Waals surface area contributed by atoms with Gasteiger partial charge in [-0.1, -0.05) is 194 Å². The summed E-state index contributed by atoms with van der Waals surface area (Å²) in [4.78, 5) is 2.38. The van der Waals surface area contributed by atoms with Crippen molar-refractivity contribution in [2.75, 3.05) is 4.90 Å². The van der Waals surface area contributed by atoms with E-state index in [1.54, 1.807) is 0 Å². The van der Waals surface area contributed by atoms with E-state index in [-0.39, 0.29) is 0 Å². The molecule has 0 aliphatic carbocycles. The zero-order chi connectivity index (χ0) is 39.8. The van der Waals surface area contributed by atoms with Gasteiger partial charge in [0.05, 0.1) is 5.69 Å². The number of furan rings is 1. The Kier molecular flexibility index (Phi) is 8.87. The Morgan fingerprint density at radius 3 is 1.57 bits per heavy atom. The molecule has 0 bridgehead atoms. The van der Waals surface area contributed by atoms with Crippen molar-refractivity contribution in [2.24, 2.45) is 0 Å². The van der Waals surface area contributed by atoms with E-state index in [1.807, 2.05) is 12.1 Å². The maximum absolute atomic E-state index is 6.61. The Labute approximate surface area is 349 Å². The molecule has 0 saturated carbocycles. The number of benzene rings is 10. The van der Waals surface area contributed by atoms with Gasteiger partial charge in [0.15, 0.2) is 0 Å². The molecule has 0 amide bonds. The summed E-state index contributed by atoms with van der Waals surface area (Å²) in [7, 11) is 0. The van der Waals surface area contributed by atoms with E-state index in [2.05, 4.69) is 229 Å². The van der Waals surface area contributed by atoms with Crippen LogP contribution in [0, 0.1) is 0 Å². The summed E-state index contributed by atoms with van der Waals surface area (Å²) >= 11 is 0. The Morgan fingerprint density at radius 2 is 0.800 bits per heavy atom. The van der Waals surface area contributed by atoms with Crippen LogP contribution in [0.4, 0.5) is 17.1 Å². The zero-order valence-corrected chi connectivity index (χ0v) is 32.9. The molecule has 0 spiro atoms. The second-order valence-corrected chi connectivity index (χ2v) is 15.2. The van der Waals surface area contributed by atoms with E-state index in [4.69, 9.17) is 4.42 Å². The summed E-state index contributed by atoms with van der Waals surface area (Å²) in [6.45, 7) is 0. The van der Waals surface area contributed by atoms with Crippen molar-refractivity contribution in [3.05, 3.63) is 237 Å². The van der Waals surface area contributed by atoms with E-state index >= 15 is 0 Å². The average molecular weight is 766 g/mol. The quantitative estimate of drug-likeness (QED) is 0.153. The highest BCUT2D eigenvalue weighted by atomic mass is 16.3. The van der Waals surface area contributed by atoms with Gasteiger partial charge in [0.2, 0.25) is 0 Å². The van der Waals surface area contributed by atoms with E-state index < -0.39 is 0 Å². The summed E-state index contributed by atoms with van der Waals surface area (Å²) in [5.74, 6) is 0. The van der Waals surface area contributed by atoms with Crippen LogP contribution < -0.4 is 4.90 Å². The van der Waals surface area contributed by atoms with Crippen LogP contribution in [0.5, 0.6) is 0 Å². The Hall–Kier alpha value is -7.94. The number of anilines is 3. The minimum Gasteiger partial charge on any atom is -0.455 e.